The molecule has 5 rings (SSSR count). The number of imide groups is 1. The van der Waals surface area contributed by atoms with Crippen molar-refractivity contribution in [3.05, 3.63) is 64.1 Å². The van der Waals surface area contributed by atoms with Gasteiger partial charge in [-0.25, -0.2) is 4.79 Å². The summed E-state index contributed by atoms with van der Waals surface area (Å²) in [4.78, 5) is 53.5. The highest BCUT2D eigenvalue weighted by molar-refractivity contribution is 6.04. The summed E-state index contributed by atoms with van der Waals surface area (Å²) in [6, 6.07) is 11.4. The van der Waals surface area contributed by atoms with Crippen molar-refractivity contribution in [3.8, 4) is 5.75 Å². The van der Waals surface area contributed by atoms with Crippen LogP contribution in [-0.2, 0) is 22.7 Å². The molecule has 9 heteroatoms. The van der Waals surface area contributed by atoms with Gasteiger partial charge < -0.3 is 19.5 Å². The predicted octanol–water partition coefficient (Wildman–Crippen LogP) is 1.70. The summed E-state index contributed by atoms with van der Waals surface area (Å²) < 4.78 is 6.98. The maximum atomic E-state index is 13.0. The topological polar surface area (TPSA) is 101 Å². The van der Waals surface area contributed by atoms with E-state index in [9.17, 15) is 19.2 Å². The second kappa shape index (κ2) is 8.96. The van der Waals surface area contributed by atoms with Crippen LogP contribution in [-0.4, -0.2) is 58.5 Å². The molecule has 4 amide bonds. The van der Waals surface area contributed by atoms with Gasteiger partial charge in [-0.05, 0) is 42.5 Å². The lowest BCUT2D eigenvalue weighted by molar-refractivity contribution is -0.134. The van der Waals surface area contributed by atoms with Crippen LogP contribution in [0.2, 0.25) is 0 Å². The standard InChI is InChI=1S/C25H28N4O5/c1-34-19-7-5-16(6-8-19)13-29-24(32)20(26-25(29)33)9-10-22(30)27-12-17-11-18(15-27)21-3-2-4-23(31)28(21)14-17/h2-8,17-18,20H,9-15H2,1H3,(H,26,33)/t17-,18+,20?/m1/s1. The molecule has 34 heavy (non-hydrogen) atoms. The summed E-state index contributed by atoms with van der Waals surface area (Å²) in [6.45, 7) is 2.00. The Morgan fingerprint density at radius 2 is 1.85 bits per heavy atom. The van der Waals surface area contributed by atoms with E-state index in [4.69, 9.17) is 4.74 Å². The molecular formula is C25H28N4O5. The minimum absolute atomic E-state index is 0.0154. The number of carbonyl (C=O) groups excluding carboxylic acids is 3. The quantitative estimate of drug-likeness (QED) is 0.656. The third-order valence-electron chi connectivity index (χ3n) is 7.09. The molecule has 178 valence electrons. The van der Waals surface area contributed by atoms with E-state index in [-0.39, 0.29) is 48.6 Å². The van der Waals surface area contributed by atoms with Gasteiger partial charge in [0.2, 0.25) is 5.91 Å². The van der Waals surface area contributed by atoms with E-state index in [1.54, 1.807) is 31.4 Å². The molecule has 1 aromatic carbocycles. The molecule has 0 spiro atoms. The number of hydrogen-bond acceptors (Lipinski definition) is 5. The maximum absolute atomic E-state index is 13.0. The average Bonchev–Trinajstić information content (AvgIpc) is 3.11. The van der Waals surface area contributed by atoms with Gasteiger partial charge in [0.05, 0.1) is 13.7 Å². The lowest BCUT2D eigenvalue weighted by atomic mass is 9.83. The summed E-state index contributed by atoms with van der Waals surface area (Å²) in [7, 11) is 1.58. The van der Waals surface area contributed by atoms with Gasteiger partial charge in [0.25, 0.3) is 11.5 Å². The monoisotopic (exact) mass is 464 g/mol. The molecule has 2 bridgehead atoms. The largest absolute Gasteiger partial charge is 0.497 e. The number of piperidine rings is 1. The normalized spacial score (nSPS) is 23.5. The van der Waals surface area contributed by atoms with Crippen molar-refractivity contribution in [2.45, 2.75) is 44.3 Å². The summed E-state index contributed by atoms with van der Waals surface area (Å²) in [5.74, 6) is 0.783. The summed E-state index contributed by atoms with van der Waals surface area (Å²) in [5, 5.41) is 2.72. The lowest BCUT2D eigenvalue weighted by Crippen LogP contribution is -2.49. The van der Waals surface area contributed by atoms with E-state index in [0.717, 1.165) is 17.7 Å². The fraction of sp³-hybridized carbons (Fsp3) is 0.440. The number of benzene rings is 1. The molecule has 9 nitrogen and oxygen atoms in total. The number of aromatic nitrogens is 1. The van der Waals surface area contributed by atoms with Crippen LogP contribution in [0.1, 0.15) is 36.4 Å². The Morgan fingerprint density at radius 1 is 1.06 bits per heavy atom. The van der Waals surface area contributed by atoms with Gasteiger partial charge in [0.15, 0.2) is 0 Å². The van der Waals surface area contributed by atoms with Crippen LogP contribution in [0, 0.1) is 5.92 Å². The number of hydrogen-bond donors (Lipinski definition) is 1. The van der Waals surface area contributed by atoms with Crippen molar-refractivity contribution in [2.24, 2.45) is 5.92 Å². The number of methoxy groups -OCH3 is 1. The molecule has 3 atom stereocenters. The number of ether oxygens (including phenoxy) is 1. The van der Waals surface area contributed by atoms with Crippen LogP contribution in [0.4, 0.5) is 4.79 Å². The number of nitrogens with one attached hydrogen (secondary N) is 1. The molecular weight excluding hydrogens is 436 g/mol. The number of nitrogens with zero attached hydrogens (tertiary/aromatic N) is 3. The zero-order valence-corrected chi connectivity index (χ0v) is 19.1. The fourth-order valence-electron chi connectivity index (χ4n) is 5.36. The van der Waals surface area contributed by atoms with E-state index >= 15 is 0 Å². The van der Waals surface area contributed by atoms with Gasteiger partial charge in [0.1, 0.15) is 11.8 Å². The Labute approximate surface area is 197 Å². The molecule has 3 aliphatic heterocycles. The first-order valence-electron chi connectivity index (χ1n) is 11.6. The minimum Gasteiger partial charge on any atom is -0.497 e. The second-order valence-electron chi connectivity index (χ2n) is 9.31. The lowest BCUT2D eigenvalue weighted by Gasteiger charge is -2.42. The number of likely N-dealkylation sites (tertiary alicyclic amines) is 1. The van der Waals surface area contributed by atoms with Crippen molar-refractivity contribution in [1.82, 2.24) is 19.7 Å². The highest BCUT2D eigenvalue weighted by Crippen LogP contribution is 2.35. The highest BCUT2D eigenvalue weighted by atomic mass is 16.5. The Bertz CT molecular complexity index is 1170. The number of fused-ring (bicyclic) bond motifs is 4. The summed E-state index contributed by atoms with van der Waals surface area (Å²) in [6.07, 6.45) is 1.43. The van der Waals surface area contributed by atoms with E-state index < -0.39 is 12.1 Å². The SMILES string of the molecule is COc1ccc(CN2C(=O)NC(CCC(=O)N3C[C@H]4C[C@@H](C3)c3cccc(=O)n3C4)C2=O)cc1. The molecule has 0 saturated carbocycles. The molecule has 0 aliphatic carbocycles. The van der Waals surface area contributed by atoms with Crippen LogP contribution in [0.15, 0.2) is 47.3 Å². The van der Waals surface area contributed by atoms with E-state index in [1.807, 2.05) is 27.7 Å². The molecule has 1 aromatic heterocycles. The van der Waals surface area contributed by atoms with Crippen LogP contribution >= 0.6 is 0 Å². The summed E-state index contributed by atoms with van der Waals surface area (Å²) >= 11 is 0. The number of rotatable bonds is 6. The van der Waals surface area contributed by atoms with Gasteiger partial charge in [-0.3, -0.25) is 19.3 Å². The maximum Gasteiger partial charge on any atom is 0.325 e. The van der Waals surface area contributed by atoms with E-state index in [0.29, 0.717) is 25.4 Å². The van der Waals surface area contributed by atoms with Crippen LogP contribution in [0.25, 0.3) is 0 Å². The molecule has 1 N–H and O–H groups in total. The second-order valence-corrected chi connectivity index (χ2v) is 9.31. The Hall–Kier alpha value is -3.62. The van der Waals surface area contributed by atoms with Gasteiger partial charge in [0, 0.05) is 43.7 Å². The van der Waals surface area contributed by atoms with Crippen molar-refractivity contribution in [2.75, 3.05) is 20.2 Å². The first-order valence-corrected chi connectivity index (χ1v) is 11.6. The zero-order valence-electron chi connectivity index (χ0n) is 19.1. The van der Waals surface area contributed by atoms with Gasteiger partial charge in [-0.1, -0.05) is 18.2 Å². The van der Waals surface area contributed by atoms with Crippen molar-refractivity contribution < 1.29 is 19.1 Å². The van der Waals surface area contributed by atoms with Gasteiger partial charge in [-0.15, -0.1) is 0 Å². The average molecular weight is 465 g/mol. The third kappa shape index (κ3) is 4.18. The third-order valence-corrected chi connectivity index (χ3v) is 7.09. The van der Waals surface area contributed by atoms with E-state index in [1.165, 1.54) is 4.90 Å². The predicted molar refractivity (Wildman–Crippen MR) is 123 cm³/mol. The first-order chi connectivity index (χ1) is 16.4. The number of pyridine rings is 1. The van der Waals surface area contributed by atoms with E-state index in [2.05, 4.69) is 5.32 Å². The first kappa shape index (κ1) is 22.2. The molecule has 2 fully saturated rings. The van der Waals surface area contributed by atoms with Gasteiger partial charge in [-0.2, -0.15) is 0 Å². The van der Waals surface area contributed by atoms with Crippen molar-refractivity contribution >= 4 is 17.8 Å². The van der Waals surface area contributed by atoms with Crippen LogP contribution in [0.5, 0.6) is 5.75 Å². The molecule has 2 saturated heterocycles. The van der Waals surface area contributed by atoms with Crippen LogP contribution in [0.3, 0.4) is 0 Å². The molecule has 4 heterocycles. The Morgan fingerprint density at radius 3 is 2.62 bits per heavy atom. The Kier molecular flexibility index (Phi) is 5.85. The molecule has 3 aliphatic rings. The van der Waals surface area contributed by atoms with Crippen LogP contribution < -0.4 is 15.6 Å². The number of amides is 4. The minimum atomic E-state index is -0.696. The van der Waals surface area contributed by atoms with Crippen molar-refractivity contribution in [3.63, 3.8) is 0 Å². The number of carbonyl (C=O) groups is 3. The molecule has 1 unspecified atom stereocenters. The smallest absolute Gasteiger partial charge is 0.325 e. The molecule has 0 radical (unpaired) electrons. The Balaban J connectivity index is 1.18. The molecule has 2 aromatic rings. The fourth-order valence-corrected chi connectivity index (χ4v) is 5.36. The highest BCUT2D eigenvalue weighted by Gasteiger charge is 2.39. The van der Waals surface area contributed by atoms with Crippen molar-refractivity contribution in [1.29, 1.82) is 0 Å². The summed E-state index contributed by atoms with van der Waals surface area (Å²) in [5.41, 5.74) is 1.83. The van der Waals surface area contributed by atoms with Gasteiger partial charge >= 0.3 is 6.03 Å². The number of urea groups is 1. The zero-order chi connectivity index (χ0) is 23.8.